The summed E-state index contributed by atoms with van der Waals surface area (Å²) in [5, 5.41) is 0. The van der Waals surface area contributed by atoms with E-state index in [0.717, 1.165) is 12.2 Å². The number of fused-ring (bicyclic) bond motifs is 1. The maximum atomic E-state index is 4.82. The lowest BCUT2D eigenvalue weighted by Crippen LogP contribution is -2.12. The molecule has 0 aromatic heterocycles. The van der Waals surface area contributed by atoms with Gasteiger partial charge in [-0.2, -0.15) is 0 Å². The number of hydrogen-bond acceptors (Lipinski definition) is 2. The van der Waals surface area contributed by atoms with E-state index in [0.29, 0.717) is 0 Å². The summed E-state index contributed by atoms with van der Waals surface area (Å²) in [6, 6.07) is 0. The average Bonchev–Trinajstić information content (AvgIpc) is 2.33. The summed E-state index contributed by atoms with van der Waals surface area (Å²) in [5.74, 6) is 0. The Morgan fingerprint density at radius 3 is 3.56 bits per heavy atom. The Labute approximate surface area is 53.7 Å². The van der Waals surface area contributed by atoms with Crippen molar-refractivity contribution in [3.8, 4) is 0 Å². The Bertz CT molecular complexity index is 203. The molecule has 1 radical (unpaired) electrons. The van der Waals surface area contributed by atoms with E-state index in [4.69, 9.17) is 4.74 Å². The van der Waals surface area contributed by atoms with Gasteiger partial charge in [-0.15, -0.1) is 0 Å². The van der Waals surface area contributed by atoms with Crippen molar-refractivity contribution < 1.29 is 4.74 Å². The summed E-state index contributed by atoms with van der Waals surface area (Å²) in [6.07, 6.45) is 10.2. The third kappa shape index (κ3) is 0.633. The minimum Gasteiger partial charge on any atom is -0.457 e. The molecule has 0 fully saturated rings. The largest absolute Gasteiger partial charge is 0.457 e. The van der Waals surface area contributed by atoms with E-state index in [9.17, 15) is 0 Å². The lowest BCUT2D eigenvalue weighted by Gasteiger charge is -2.15. The van der Waals surface area contributed by atoms with Crippen molar-refractivity contribution in [1.29, 1.82) is 0 Å². The number of ether oxygens (including phenoxy) is 1. The molecule has 2 rings (SSSR count). The molecule has 2 aliphatic heterocycles. The van der Waals surface area contributed by atoms with Crippen molar-refractivity contribution >= 4 is 0 Å². The monoisotopic (exact) mass is 120 g/mol. The molecule has 0 aliphatic carbocycles. The first-order valence-electron chi connectivity index (χ1n) is 2.85. The third-order valence-corrected chi connectivity index (χ3v) is 1.38. The highest BCUT2D eigenvalue weighted by Gasteiger charge is 2.10. The molecule has 0 aromatic carbocycles. The van der Waals surface area contributed by atoms with Crippen LogP contribution in [-0.2, 0) is 4.74 Å². The molecule has 2 nitrogen and oxygen atoms in total. The van der Waals surface area contributed by atoms with E-state index >= 15 is 0 Å². The fourth-order valence-electron chi connectivity index (χ4n) is 0.911. The zero-order valence-corrected chi connectivity index (χ0v) is 4.87. The van der Waals surface area contributed by atoms with Crippen LogP contribution in [-0.4, -0.2) is 11.4 Å². The summed E-state index contributed by atoms with van der Waals surface area (Å²) in [4.78, 5) is 2.06. The number of allylic oxidation sites excluding steroid dienone is 1. The summed E-state index contributed by atoms with van der Waals surface area (Å²) in [5.41, 5.74) is 1.11. The van der Waals surface area contributed by atoms with Crippen molar-refractivity contribution in [1.82, 2.24) is 4.90 Å². The van der Waals surface area contributed by atoms with E-state index in [1.54, 1.807) is 12.5 Å². The van der Waals surface area contributed by atoms with Crippen molar-refractivity contribution in [2.24, 2.45) is 0 Å². The smallest absolute Gasteiger partial charge is 0.186 e. The number of nitrogens with zero attached hydrogens (tertiary/aromatic N) is 1. The highest BCUT2D eigenvalue weighted by molar-refractivity contribution is 5.25. The second-order valence-electron chi connectivity index (χ2n) is 1.96. The standard InChI is InChI=1S/C7H6NO/c1-2-7-6-9-5-4-8(7)3-1/h1-2,4,6H,3H2. The van der Waals surface area contributed by atoms with Crippen LogP contribution in [0, 0.1) is 6.26 Å². The first-order chi connectivity index (χ1) is 4.47. The molecule has 0 amide bonds. The van der Waals surface area contributed by atoms with Gasteiger partial charge in [0.05, 0.1) is 11.9 Å². The van der Waals surface area contributed by atoms with E-state index in [1.165, 1.54) is 0 Å². The topological polar surface area (TPSA) is 12.5 Å². The molecule has 2 aliphatic rings. The molecular formula is C7H6NO. The Balaban J connectivity index is 2.29. The maximum Gasteiger partial charge on any atom is 0.186 e. The van der Waals surface area contributed by atoms with Crippen LogP contribution < -0.4 is 0 Å². The molecule has 0 atom stereocenters. The predicted octanol–water partition coefficient (Wildman–Crippen LogP) is 1.00. The molecule has 0 saturated carbocycles. The molecule has 45 valence electrons. The normalized spacial score (nSPS) is 21.3. The van der Waals surface area contributed by atoms with Crippen molar-refractivity contribution in [2.45, 2.75) is 0 Å². The predicted molar refractivity (Wildman–Crippen MR) is 32.8 cm³/mol. The van der Waals surface area contributed by atoms with Gasteiger partial charge in [0, 0.05) is 6.54 Å². The third-order valence-electron chi connectivity index (χ3n) is 1.38. The molecule has 0 unspecified atom stereocenters. The Kier molecular flexibility index (Phi) is 0.859. The van der Waals surface area contributed by atoms with Crippen LogP contribution in [0.4, 0.5) is 0 Å². The van der Waals surface area contributed by atoms with Gasteiger partial charge in [-0.25, -0.2) is 0 Å². The van der Waals surface area contributed by atoms with Gasteiger partial charge in [-0.3, -0.25) is 0 Å². The SMILES string of the molecule is [C]1=CN2CC=CC2=CO1. The van der Waals surface area contributed by atoms with Crippen LogP contribution in [0.2, 0.25) is 0 Å². The molecule has 0 aromatic rings. The molecular weight excluding hydrogens is 114 g/mol. The quantitative estimate of drug-likeness (QED) is 0.473. The van der Waals surface area contributed by atoms with Gasteiger partial charge >= 0.3 is 0 Å². The molecule has 0 N–H and O–H groups in total. The zero-order chi connectivity index (χ0) is 6.10. The van der Waals surface area contributed by atoms with Gasteiger partial charge in [0.1, 0.15) is 6.26 Å². The van der Waals surface area contributed by atoms with E-state index in [-0.39, 0.29) is 0 Å². The summed E-state index contributed by atoms with van der Waals surface area (Å²) in [6.45, 7) is 0.947. The second-order valence-corrected chi connectivity index (χ2v) is 1.96. The fourth-order valence-corrected chi connectivity index (χ4v) is 0.911. The second kappa shape index (κ2) is 1.65. The number of rotatable bonds is 0. The van der Waals surface area contributed by atoms with E-state index in [1.807, 2.05) is 6.08 Å². The zero-order valence-electron chi connectivity index (χ0n) is 4.87. The molecule has 0 spiro atoms. The van der Waals surface area contributed by atoms with Gasteiger partial charge < -0.3 is 9.64 Å². The van der Waals surface area contributed by atoms with Crippen molar-refractivity contribution in [2.75, 3.05) is 6.54 Å². The van der Waals surface area contributed by atoms with Crippen LogP contribution in [0.25, 0.3) is 0 Å². The van der Waals surface area contributed by atoms with Crippen LogP contribution in [0.15, 0.2) is 30.3 Å². The van der Waals surface area contributed by atoms with Gasteiger partial charge in [0.15, 0.2) is 6.26 Å². The number of hydrogen-bond donors (Lipinski definition) is 0. The van der Waals surface area contributed by atoms with Gasteiger partial charge in [0.2, 0.25) is 0 Å². The molecule has 0 bridgehead atoms. The highest BCUT2D eigenvalue weighted by atomic mass is 16.5. The summed E-state index contributed by atoms with van der Waals surface area (Å²) < 4.78 is 4.82. The van der Waals surface area contributed by atoms with E-state index < -0.39 is 0 Å². The minimum absolute atomic E-state index is 0.947. The first-order valence-corrected chi connectivity index (χ1v) is 2.85. The average molecular weight is 120 g/mol. The summed E-state index contributed by atoms with van der Waals surface area (Å²) in [7, 11) is 0. The van der Waals surface area contributed by atoms with Crippen LogP contribution in [0.3, 0.4) is 0 Å². The molecule has 0 saturated heterocycles. The minimum atomic E-state index is 0.947. The Morgan fingerprint density at radius 1 is 1.67 bits per heavy atom. The van der Waals surface area contributed by atoms with Gasteiger partial charge in [-0.1, -0.05) is 6.08 Å². The fraction of sp³-hybridized carbons (Fsp3) is 0.143. The maximum absolute atomic E-state index is 4.82. The summed E-state index contributed by atoms with van der Waals surface area (Å²) >= 11 is 0. The van der Waals surface area contributed by atoms with Gasteiger partial charge in [0.25, 0.3) is 0 Å². The molecule has 9 heavy (non-hydrogen) atoms. The highest BCUT2D eigenvalue weighted by Crippen LogP contribution is 2.16. The van der Waals surface area contributed by atoms with Crippen LogP contribution in [0.5, 0.6) is 0 Å². The molecule has 2 heteroatoms. The lowest BCUT2D eigenvalue weighted by molar-refractivity contribution is 0.323. The molecule has 2 heterocycles. The first kappa shape index (κ1) is 4.68. The Hall–Kier alpha value is -1.18. The lowest BCUT2D eigenvalue weighted by atomic mass is 10.4. The van der Waals surface area contributed by atoms with Crippen molar-refractivity contribution in [3.05, 3.63) is 36.6 Å². The van der Waals surface area contributed by atoms with Crippen LogP contribution in [0.1, 0.15) is 0 Å². The Morgan fingerprint density at radius 2 is 2.67 bits per heavy atom. The van der Waals surface area contributed by atoms with Gasteiger partial charge in [-0.05, 0) is 6.08 Å². The van der Waals surface area contributed by atoms with Crippen molar-refractivity contribution in [3.63, 3.8) is 0 Å². The van der Waals surface area contributed by atoms with E-state index in [2.05, 4.69) is 17.2 Å². The van der Waals surface area contributed by atoms with Crippen LogP contribution >= 0.6 is 0 Å².